The van der Waals surface area contributed by atoms with E-state index in [1.54, 1.807) is 84.9 Å². The van der Waals surface area contributed by atoms with Crippen molar-refractivity contribution in [3.63, 3.8) is 0 Å². The second kappa shape index (κ2) is 12.1. The van der Waals surface area contributed by atoms with Crippen molar-refractivity contribution in [2.24, 2.45) is 20.5 Å². The van der Waals surface area contributed by atoms with Gasteiger partial charge < -0.3 is 10.2 Å². The zero-order valence-corrected chi connectivity index (χ0v) is 22.5. The van der Waals surface area contributed by atoms with Crippen LogP contribution in [0.15, 0.2) is 117 Å². The van der Waals surface area contributed by atoms with E-state index in [9.17, 15) is 15.0 Å². The number of Topliss-reactive ketones (excluding diaryl/α,β-unsaturated/α-hetero) is 1. The summed E-state index contributed by atoms with van der Waals surface area (Å²) in [6.45, 7) is 0. The van der Waals surface area contributed by atoms with Crippen LogP contribution in [0, 0.1) is 0 Å². The lowest BCUT2D eigenvalue weighted by Gasteiger charge is -2.02. The molecule has 0 amide bonds. The van der Waals surface area contributed by atoms with Crippen molar-refractivity contribution in [2.75, 3.05) is 0 Å². The third-order valence-electron chi connectivity index (χ3n) is 6.13. The topological polar surface area (TPSA) is 107 Å². The van der Waals surface area contributed by atoms with E-state index in [0.717, 1.165) is 11.1 Å². The number of aromatic hydroxyl groups is 2. The smallest absolute Gasteiger partial charge is 0.185 e. The number of halogens is 2. The Kier molecular flexibility index (Phi) is 8.15. The van der Waals surface area contributed by atoms with Gasteiger partial charge in [0, 0.05) is 21.2 Å². The highest BCUT2D eigenvalue weighted by Crippen LogP contribution is 2.35. The van der Waals surface area contributed by atoms with Gasteiger partial charge in [-0.15, -0.1) is 10.2 Å². The van der Waals surface area contributed by atoms with Crippen LogP contribution in [-0.4, -0.2) is 16.0 Å². The zero-order chi connectivity index (χ0) is 28.1. The van der Waals surface area contributed by atoms with Crippen molar-refractivity contribution in [3.8, 4) is 11.5 Å². The number of benzene rings is 4. The Morgan fingerprint density at radius 2 is 0.975 bits per heavy atom. The first-order chi connectivity index (χ1) is 19.3. The second-order valence-electron chi connectivity index (χ2n) is 9.02. The third kappa shape index (κ3) is 6.69. The maximum Gasteiger partial charge on any atom is 0.185 e. The fraction of sp³-hybridized carbons (Fsp3) is 0.0645. The van der Waals surface area contributed by atoms with Gasteiger partial charge in [-0.2, -0.15) is 10.2 Å². The highest BCUT2D eigenvalue weighted by Gasteiger charge is 2.23. The minimum atomic E-state index is -0.0603. The van der Waals surface area contributed by atoms with Gasteiger partial charge in [0.1, 0.15) is 22.9 Å². The number of phenolic OH excluding ortho intramolecular Hbond substituents is 2. The fourth-order valence-electron chi connectivity index (χ4n) is 4.04. The van der Waals surface area contributed by atoms with Crippen LogP contribution < -0.4 is 0 Å². The summed E-state index contributed by atoms with van der Waals surface area (Å²) < 4.78 is 0. The molecule has 0 atom stereocenters. The van der Waals surface area contributed by atoms with Crippen LogP contribution >= 0.6 is 23.2 Å². The molecule has 1 aliphatic carbocycles. The zero-order valence-electron chi connectivity index (χ0n) is 21.0. The Bertz CT molecular complexity index is 1570. The van der Waals surface area contributed by atoms with Crippen LogP contribution in [0.1, 0.15) is 24.0 Å². The first-order valence-electron chi connectivity index (χ1n) is 12.3. The molecule has 0 saturated heterocycles. The van der Waals surface area contributed by atoms with E-state index in [4.69, 9.17) is 23.2 Å². The molecule has 0 radical (unpaired) electrons. The van der Waals surface area contributed by atoms with Gasteiger partial charge >= 0.3 is 0 Å². The monoisotopic (exact) mass is 568 g/mol. The molecule has 0 bridgehead atoms. The van der Waals surface area contributed by atoms with Crippen molar-refractivity contribution in [2.45, 2.75) is 12.8 Å². The van der Waals surface area contributed by atoms with Crippen molar-refractivity contribution < 1.29 is 15.0 Å². The number of rotatable bonds is 6. The third-order valence-corrected chi connectivity index (χ3v) is 6.63. The van der Waals surface area contributed by atoms with Gasteiger partial charge in [-0.05, 0) is 109 Å². The van der Waals surface area contributed by atoms with E-state index >= 15 is 0 Å². The van der Waals surface area contributed by atoms with Crippen LogP contribution in [0.5, 0.6) is 11.5 Å². The molecule has 0 heterocycles. The molecule has 4 aromatic carbocycles. The van der Waals surface area contributed by atoms with E-state index in [0.29, 0.717) is 45.4 Å². The molecule has 1 saturated carbocycles. The molecule has 0 spiro atoms. The van der Waals surface area contributed by atoms with Crippen molar-refractivity contribution >= 4 is 63.9 Å². The van der Waals surface area contributed by atoms with E-state index in [-0.39, 0.29) is 28.7 Å². The van der Waals surface area contributed by atoms with Crippen molar-refractivity contribution in [1.29, 1.82) is 0 Å². The van der Waals surface area contributed by atoms with Crippen LogP contribution in [0.2, 0.25) is 10.0 Å². The molecule has 1 aliphatic rings. The van der Waals surface area contributed by atoms with E-state index < -0.39 is 0 Å². The number of hydrogen-bond donors (Lipinski definition) is 2. The normalized spacial score (nSPS) is 15.7. The summed E-state index contributed by atoms with van der Waals surface area (Å²) in [6.07, 6.45) is 4.75. The summed E-state index contributed by atoms with van der Waals surface area (Å²) >= 11 is 11.8. The van der Waals surface area contributed by atoms with Gasteiger partial charge in [-0.25, -0.2) is 0 Å². The summed E-state index contributed by atoms with van der Waals surface area (Å²) in [5, 5.41) is 38.2. The summed E-state index contributed by atoms with van der Waals surface area (Å²) in [6, 6.07) is 23.5. The number of carbonyl (C=O) groups excluding carboxylic acids is 1. The summed E-state index contributed by atoms with van der Waals surface area (Å²) in [7, 11) is 0. The predicted molar refractivity (Wildman–Crippen MR) is 158 cm³/mol. The van der Waals surface area contributed by atoms with Gasteiger partial charge in [-0.1, -0.05) is 35.3 Å². The average Bonchev–Trinajstić information content (AvgIpc) is 3.29. The minimum Gasteiger partial charge on any atom is -0.506 e. The summed E-state index contributed by atoms with van der Waals surface area (Å²) in [5.74, 6) is -0.0982. The lowest BCUT2D eigenvalue weighted by Crippen LogP contribution is -1.95. The highest BCUT2D eigenvalue weighted by atomic mass is 35.5. The molecule has 198 valence electrons. The molecule has 7 nitrogen and oxygen atoms in total. The number of nitrogens with zero attached hydrogens (tertiary/aromatic N) is 4. The van der Waals surface area contributed by atoms with Crippen LogP contribution in [0.25, 0.3) is 12.2 Å². The van der Waals surface area contributed by atoms with Gasteiger partial charge in [-0.3, -0.25) is 4.79 Å². The molecule has 9 heteroatoms. The fourth-order valence-corrected chi connectivity index (χ4v) is 4.29. The SMILES string of the molecule is O=C1/C(=C/c2ccc(O)c(N=Nc3ccc(Cl)cc3)c2)CC/C1=C\c1ccc(O)c(N=Nc2ccc(Cl)cc2)c1. The van der Waals surface area contributed by atoms with Gasteiger partial charge in [0.2, 0.25) is 0 Å². The standard InChI is InChI=1S/C31H22Cl2N4O3/c32-23-5-9-25(10-6-23)34-36-27-17-19(1-13-29(27)38)15-21-3-4-22(31(21)40)16-20-2-14-30(39)28(18-20)37-35-26-11-7-24(33)8-12-26/h1-2,5-18,38-39H,3-4H2/b21-15+,22-16+,36-34?,37-35?. The van der Waals surface area contributed by atoms with E-state index in [1.165, 1.54) is 12.1 Å². The molecule has 5 rings (SSSR count). The molecular formula is C31H22Cl2N4O3. The predicted octanol–water partition coefficient (Wildman–Crippen LogP) is 10.1. The minimum absolute atomic E-state index is 0.0189. The lowest BCUT2D eigenvalue weighted by molar-refractivity contribution is -0.111. The van der Waals surface area contributed by atoms with E-state index in [1.807, 2.05) is 0 Å². The molecule has 0 aliphatic heterocycles. The number of azo groups is 2. The Hall–Kier alpha value is -4.59. The Balaban J connectivity index is 1.33. The summed E-state index contributed by atoms with van der Waals surface area (Å²) in [4.78, 5) is 13.2. The first-order valence-corrected chi connectivity index (χ1v) is 13.1. The van der Waals surface area contributed by atoms with Crippen LogP contribution in [0.4, 0.5) is 22.7 Å². The van der Waals surface area contributed by atoms with Gasteiger partial charge in [0.25, 0.3) is 0 Å². The molecule has 40 heavy (non-hydrogen) atoms. The Labute approximate surface area is 240 Å². The van der Waals surface area contributed by atoms with Crippen molar-refractivity contribution in [3.05, 3.63) is 117 Å². The van der Waals surface area contributed by atoms with E-state index in [2.05, 4.69) is 20.5 Å². The second-order valence-corrected chi connectivity index (χ2v) is 9.89. The largest absolute Gasteiger partial charge is 0.506 e. The maximum absolute atomic E-state index is 13.2. The average molecular weight is 569 g/mol. The highest BCUT2D eigenvalue weighted by molar-refractivity contribution is 6.30. The molecule has 0 unspecified atom stereocenters. The number of carbonyl (C=O) groups is 1. The van der Waals surface area contributed by atoms with Crippen molar-refractivity contribution in [1.82, 2.24) is 0 Å². The first kappa shape index (κ1) is 27.0. The molecule has 1 fully saturated rings. The molecule has 0 aromatic heterocycles. The summed E-state index contributed by atoms with van der Waals surface area (Å²) in [5.41, 5.74) is 4.51. The number of phenols is 2. The quantitative estimate of drug-likeness (QED) is 0.178. The molecule has 4 aromatic rings. The number of ketones is 1. The van der Waals surface area contributed by atoms with Gasteiger partial charge in [0.05, 0.1) is 11.4 Å². The Morgan fingerprint density at radius 1 is 0.575 bits per heavy atom. The maximum atomic E-state index is 13.2. The van der Waals surface area contributed by atoms with Gasteiger partial charge in [0.15, 0.2) is 5.78 Å². The number of allylic oxidation sites excluding steroid dienone is 2. The number of hydrogen-bond acceptors (Lipinski definition) is 7. The van der Waals surface area contributed by atoms with Crippen LogP contribution in [-0.2, 0) is 4.79 Å². The lowest BCUT2D eigenvalue weighted by atomic mass is 10.1. The van der Waals surface area contributed by atoms with Crippen LogP contribution in [0.3, 0.4) is 0 Å². The molecule has 2 N–H and O–H groups in total. The molecular weight excluding hydrogens is 547 g/mol. The Morgan fingerprint density at radius 3 is 1.38 bits per heavy atom.